The van der Waals surface area contributed by atoms with E-state index in [-0.39, 0.29) is 22.9 Å². The molecular formula is C10H9ClFN5O. The Bertz CT molecular complexity index is 560. The third-order valence-electron chi connectivity index (χ3n) is 2.03. The Morgan fingerprint density at radius 1 is 1.33 bits per heavy atom. The van der Waals surface area contributed by atoms with Crippen molar-refractivity contribution in [2.24, 2.45) is 0 Å². The fourth-order valence-corrected chi connectivity index (χ4v) is 1.46. The van der Waals surface area contributed by atoms with Crippen LogP contribution in [-0.2, 0) is 0 Å². The normalized spacial score (nSPS) is 10.2. The van der Waals surface area contributed by atoms with Crippen molar-refractivity contribution in [2.45, 2.75) is 0 Å². The lowest BCUT2D eigenvalue weighted by molar-refractivity contribution is 0.386. The van der Waals surface area contributed by atoms with Crippen molar-refractivity contribution < 1.29 is 9.13 Å². The van der Waals surface area contributed by atoms with Gasteiger partial charge in [0.1, 0.15) is 0 Å². The first kappa shape index (κ1) is 12.3. The SMILES string of the molecule is COc1ccc(Nc2nc(N)nc(Cl)n2)cc1F. The lowest BCUT2D eigenvalue weighted by Crippen LogP contribution is -2.03. The number of benzene rings is 1. The molecule has 0 aliphatic rings. The van der Waals surface area contributed by atoms with Crippen molar-refractivity contribution in [1.29, 1.82) is 0 Å². The summed E-state index contributed by atoms with van der Waals surface area (Å²) >= 11 is 5.62. The van der Waals surface area contributed by atoms with Gasteiger partial charge in [0.15, 0.2) is 11.6 Å². The van der Waals surface area contributed by atoms with Gasteiger partial charge in [0.2, 0.25) is 17.2 Å². The first-order chi connectivity index (χ1) is 8.58. The molecule has 0 bridgehead atoms. The van der Waals surface area contributed by atoms with Gasteiger partial charge in [-0.1, -0.05) is 0 Å². The summed E-state index contributed by atoms with van der Waals surface area (Å²) in [6, 6.07) is 4.33. The lowest BCUT2D eigenvalue weighted by atomic mass is 10.3. The van der Waals surface area contributed by atoms with E-state index in [0.717, 1.165) is 0 Å². The molecule has 1 aromatic carbocycles. The van der Waals surface area contributed by atoms with Gasteiger partial charge in [0.05, 0.1) is 7.11 Å². The molecule has 8 heteroatoms. The predicted molar refractivity (Wildman–Crippen MR) is 65.5 cm³/mol. The van der Waals surface area contributed by atoms with Crippen LogP contribution in [0.5, 0.6) is 5.75 Å². The number of anilines is 3. The van der Waals surface area contributed by atoms with Crippen LogP contribution in [0.2, 0.25) is 5.28 Å². The summed E-state index contributed by atoms with van der Waals surface area (Å²) in [5.74, 6) is -0.243. The van der Waals surface area contributed by atoms with Crippen molar-refractivity contribution >= 4 is 29.2 Å². The second-order valence-corrected chi connectivity index (χ2v) is 3.60. The molecule has 2 aromatic rings. The maximum Gasteiger partial charge on any atom is 0.233 e. The zero-order valence-corrected chi connectivity index (χ0v) is 10.1. The highest BCUT2D eigenvalue weighted by atomic mass is 35.5. The zero-order chi connectivity index (χ0) is 13.1. The molecule has 94 valence electrons. The molecule has 0 aliphatic heterocycles. The molecule has 0 amide bonds. The molecule has 3 N–H and O–H groups in total. The summed E-state index contributed by atoms with van der Waals surface area (Å²) in [5, 5.41) is 2.71. The molecule has 18 heavy (non-hydrogen) atoms. The maximum atomic E-state index is 13.4. The van der Waals surface area contributed by atoms with Crippen LogP contribution in [0.25, 0.3) is 0 Å². The van der Waals surface area contributed by atoms with Crippen LogP contribution in [0.4, 0.5) is 22.0 Å². The Labute approximate surface area is 107 Å². The third-order valence-corrected chi connectivity index (χ3v) is 2.20. The van der Waals surface area contributed by atoms with Gasteiger partial charge in [-0.05, 0) is 23.7 Å². The summed E-state index contributed by atoms with van der Waals surface area (Å²) < 4.78 is 18.2. The third kappa shape index (κ3) is 2.75. The number of halogens is 2. The monoisotopic (exact) mass is 269 g/mol. The van der Waals surface area contributed by atoms with Gasteiger partial charge in [-0.25, -0.2) is 4.39 Å². The second kappa shape index (κ2) is 5.01. The molecule has 0 fully saturated rings. The molecular weight excluding hydrogens is 261 g/mol. The standard InChI is InChI=1S/C10H9ClFN5O/c1-18-7-3-2-5(4-6(7)12)14-10-16-8(11)15-9(13)17-10/h2-4H,1H3,(H3,13,14,15,16,17). The largest absolute Gasteiger partial charge is 0.494 e. The predicted octanol–water partition coefficient (Wildman–Crippen LogP) is 2.00. The van der Waals surface area contributed by atoms with E-state index in [9.17, 15) is 4.39 Å². The van der Waals surface area contributed by atoms with Crippen LogP contribution >= 0.6 is 11.6 Å². The Hall–Kier alpha value is -2.15. The molecule has 0 saturated heterocycles. The minimum atomic E-state index is -0.504. The second-order valence-electron chi connectivity index (χ2n) is 3.26. The van der Waals surface area contributed by atoms with Crippen LogP contribution in [0.15, 0.2) is 18.2 Å². The molecule has 0 radical (unpaired) electrons. The van der Waals surface area contributed by atoms with E-state index in [1.165, 1.54) is 19.2 Å². The van der Waals surface area contributed by atoms with Gasteiger partial charge in [0.25, 0.3) is 0 Å². The van der Waals surface area contributed by atoms with Gasteiger partial charge in [-0.2, -0.15) is 15.0 Å². The van der Waals surface area contributed by atoms with Crippen molar-refractivity contribution in [1.82, 2.24) is 15.0 Å². The van der Waals surface area contributed by atoms with Crippen LogP contribution < -0.4 is 15.8 Å². The van der Waals surface area contributed by atoms with Crippen molar-refractivity contribution in [3.63, 3.8) is 0 Å². The highest BCUT2D eigenvalue weighted by Crippen LogP contribution is 2.22. The van der Waals surface area contributed by atoms with E-state index < -0.39 is 5.82 Å². The average Bonchev–Trinajstić information content (AvgIpc) is 2.27. The molecule has 0 unspecified atom stereocenters. The molecule has 0 spiro atoms. The molecule has 1 heterocycles. The summed E-state index contributed by atoms with van der Waals surface area (Å²) in [6.45, 7) is 0. The van der Waals surface area contributed by atoms with Crippen LogP contribution in [0, 0.1) is 5.82 Å². The Balaban J connectivity index is 2.25. The lowest BCUT2D eigenvalue weighted by Gasteiger charge is -2.07. The zero-order valence-electron chi connectivity index (χ0n) is 9.32. The highest BCUT2D eigenvalue weighted by Gasteiger charge is 2.06. The fraction of sp³-hybridized carbons (Fsp3) is 0.100. The molecule has 1 aromatic heterocycles. The Morgan fingerprint density at radius 2 is 2.11 bits per heavy atom. The number of rotatable bonds is 3. The van der Waals surface area contributed by atoms with E-state index in [0.29, 0.717) is 5.69 Å². The van der Waals surface area contributed by atoms with E-state index in [2.05, 4.69) is 20.3 Å². The van der Waals surface area contributed by atoms with Gasteiger partial charge in [-0.3, -0.25) is 0 Å². The Kier molecular flexibility index (Phi) is 3.42. The number of nitrogens with one attached hydrogen (secondary N) is 1. The number of ether oxygens (including phenoxy) is 1. The number of nitrogens with zero attached hydrogens (tertiary/aromatic N) is 3. The number of nitrogen functional groups attached to an aromatic ring is 1. The molecule has 0 atom stereocenters. The van der Waals surface area contributed by atoms with E-state index in [1.807, 2.05) is 0 Å². The number of hydrogen-bond acceptors (Lipinski definition) is 6. The molecule has 0 saturated carbocycles. The van der Waals surface area contributed by atoms with Gasteiger partial charge >= 0.3 is 0 Å². The molecule has 6 nitrogen and oxygen atoms in total. The van der Waals surface area contributed by atoms with Crippen molar-refractivity contribution in [3.8, 4) is 5.75 Å². The first-order valence-electron chi connectivity index (χ1n) is 4.86. The number of aromatic nitrogens is 3. The van der Waals surface area contributed by atoms with Gasteiger partial charge < -0.3 is 15.8 Å². The highest BCUT2D eigenvalue weighted by molar-refractivity contribution is 6.28. The summed E-state index contributed by atoms with van der Waals surface area (Å²) in [4.78, 5) is 11.2. The quantitative estimate of drug-likeness (QED) is 0.886. The minimum Gasteiger partial charge on any atom is -0.494 e. The van der Waals surface area contributed by atoms with Gasteiger partial charge in [-0.15, -0.1) is 0 Å². The summed E-state index contributed by atoms with van der Waals surface area (Å²) in [5.41, 5.74) is 5.85. The van der Waals surface area contributed by atoms with Crippen LogP contribution in [-0.4, -0.2) is 22.1 Å². The summed E-state index contributed by atoms with van der Waals surface area (Å²) in [6.07, 6.45) is 0. The molecule has 2 rings (SSSR count). The fourth-order valence-electron chi connectivity index (χ4n) is 1.29. The Morgan fingerprint density at radius 3 is 2.72 bits per heavy atom. The number of nitrogens with two attached hydrogens (primary N) is 1. The van der Waals surface area contributed by atoms with E-state index in [4.69, 9.17) is 22.1 Å². The first-order valence-corrected chi connectivity index (χ1v) is 5.24. The van der Waals surface area contributed by atoms with Crippen LogP contribution in [0.1, 0.15) is 0 Å². The van der Waals surface area contributed by atoms with E-state index in [1.54, 1.807) is 6.07 Å². The minimum absolute atomic E-state index is 0.0218. The van der Waals surface area contributed by atoms with Gasteiger partial charge in [0, 0.05) is 11.8 Å². The number of methoxy groups -OCH3 is 1. The average molecular weight is 270 g/mol. The van der Waals surface area contributed by atoms with Crippen molar-refractivity contribution in [2.75, 3.05) is 18.2 Å². The van der Waals surface area contributed by atoms with E-state index >= 15 is 0 Å². The van der Waals surface area contributed by atoms with Crippen LogP contribution in [0.3, 0.4) is 0 Å². The number of hydrogen-bond donors (Lipinski definition) is 2. The topological polar surface area (TPSA) is 86.0 Å². The smallest absolute Gasteiger partial charge is 0.233 e. The molecule has 0 aliphatic carbocycles. The maximum absolute atomic E-state index is 13.4. The summed E-state index contributed by atoms with van der Waals surface area (Å²) in [7, 11) is 1.39. The van der Waals surface area contributed by atoms with Crippen molar-refractivity contribution in [3.05, 3.63) is 29.3 Å².